The molecular formula is C18H17BrN4O2S. The molecule has 3 aromatic rings. The summed E-state index contributed by atoms with van der Waals surface area (Å²) in [5.41, 5.74) is 9.22. The molecule has 26 heavy (non-hydrogen) atoms. The molecule has 0 unspecified atom stereocenters. The van der Waals surface area contributed by atoms with Gasteiger partial charge in [-0.3, -0.25) is 4.68 Å². The lowest BCUT2D eigenvalue weighted by molar-refractivity contribution is 0.0516. The number of benzene rings is 1. The number of hydrogen-bond acceptors (Lipinski definition) is 5. The average molecular weight is 433 g/mol. The molecule has 0 aliphatic rings. The predicted octanol–water partition coefficient (Wildman–Crippen LogP) is 3.85. The molecule has 0 amide bonds. The highest BCUT2D eigenvalue weighted by Gasteiger charge is 2.11. The molecule has 3 rings (SSSR count). The Hall–Kier alpha value is -2.45. The molecule has 0 saturated carbocycles. The first-order valence-electron chi connectivity index (χ1n) is 7.83. The third-order valence-corrected chi connectivity index (χ3v) is 5.86. The van der Waals surface area contributed by atoms with Crippen molar-refractivity contribution < 1.29 is 9.63 Å². The van der Waals surface area contributed by atoms with Crippen molar-refractivity contribution in [1.29, 1.82) is 0 Å². The van der Waals surface area contributed by atoms with Crippen LogP contribution >= 0.6 is 27.3 Å². The molecule has 8 heteroatoms. The summed E-state index contributed by atoms with van der Waals surface area (Å²) >= 11 is 4.95. The number of nitrogens with zero attached hydrogens (tertiary/aromatic N) is 3. The number of rotatable bonds is 5. The van der Waals surface area contributed by atoms with Crippen LogP contribution in [0.15, 0.2) is 51.4 Å². The average Bonchev–Trinajstić information content (AvgIpc) is 3.26. The quantitative estimate of drug-likeness (QED) is 0.287. The molecule has 2 N–H and O–H groups in total. The highest BCUT2D eigenvalue weighted by Crippen LogP contribution is 2.20. The zero-order valence-corrected chi connectivity index (χ0v) is 16.7. The van der Waals surface area contributed by atoms with E-state index in [0.29, 0.717) is 12.1 Å². The lowest BCUT2D eigenvalue weighted by Crippen LogP contribution is -2.13. The van der Waals surface area contributed by atoms with Gasteiger partial charge in [-0.1, -0.05) is 23.4 Å². The first-order chi connectivity index (χ1) is 12.5. The van der Waals surface area contributed by atoms with Gasteiger partial charge in [0.05, 0.1) is 32.8 Å². The van der Waals surface area contributed by atoms with E-state index in [1.807, 2.05) is 48.2 Å². The fourth-order valence-corrected chi connectivity index (χ4v) is 3.26. The van der Waals surface area contributed by atoms with Gasteiger partial charge in [0.2, 0.25) is 0 Å². The van der Waals surface area contributed by atoms with Gasteiger partial charge in [-0.15, -0.1) is 11.3 Å². The Balaban J connectivity index is 1.66. The Labute approximate surface area is 163 Å². The minimum Gasteiger partial charge on any atom is -0.380 e. The number of aromatic nitrogens is 2. The van der Waals surface area contributed by atoms with Crippen molar-refractivity contribution in [3.8, 4) is 0 Å². The van der Waals surface area contributed by atoms with Crippen LogP contribution in [0.2, 0.25) is 0 Å². The van der Waals surface area contributed by atoms with E-state index < -0.39 is 5.97 Å². The van der Waals surface area contributed by atoms with Gasteiger partial charge in [0, 0.05) is 0 Å². The fraction of sp³-hybridized carbons (Fsp3) is 0.167. The molecule has 6 nitrogen and oxygen atoms in total. The molecule has 0 spiro atoms. The van der Waals surface area contributed by atoms with Crippen LogP contribution in [-0.2, 0) is 11.4 Å². The van der Waals surface area contributed by atoms with Gasteiger partial charge in [-0.2, -0.15) is 5.10 Å². The van der Waals surface area contributed by atoms with Crippen LogP contribution < -0.4 is 5.73 Å². The Bertz CT molecular complexity index is 946. The van der Waals surface area contributed by atoms with Crippen LogP contribution in [0.4, 0.5) is 0 Å². The summed E-state index contributed by atoms with van der Waals surface area (Å²) in [7, 11) is 0. The van der Waals surface area contributed by atoms with Crippen molar-refractivity contribution in [2.24, 2.45) is 10.9 Å². The van der Waals surface area contributed by atoms with Gasteiger partial charge in [-0.05, 0) is 58.9 Å². The maximum Gasteiger partial charge on any atom is 0.365 e. The van der Waals surface area contributed by atoms with E-state index in [-0.39, 0.29) is 5.84 Å². The van der Waals surface area contributed by atoms with E-state index in [1.165, 1.54) is 11.3 Å². The van der Waals surface area contributed by atoms with Crippen LogP contribution in [0.3, 0.4) is 0 Å². The van der Waals surface area contributed by atoms with Crippen molar-refractivity contribution in [1.82, 2.24) is 9.78 Å². The number of aryl methyl sites for hydroxylation is 1. The van der Waals surface area contributed by atoms with Gasteiger partial charge in [0.25, 0.3) is 0 Å². The highest BCUT2D eigenvalue weighted by atomic mass is 79.9. The first kappa shape index (κ1) is 18.3. The normalized spacial score (nSPS) is 11.6. The summed E-state index contributed by atoms with van der Waals surface area (Å²) in [4.78, 5) is 17.8. The fourth-order valence-electron chi connectivity index (χ4n) is 2.36. The number of amidine groups is 1. The highest BCUT2D eigenvalue weighted by molar-refractivity contribution is 9.10. The van der Waals surface area contributed by atoms with Crippen LogP contribution in [0, 0.1) is 13.8 Å². The molecule has 0 aliphatic carbocycles. The second kappa shape index (κ2) is 7.84. The molecular weight excluding hydrogens is 416 g/mol. The molecule has 0 saturated heterocycles. The van der Waals surface area contributed by atoms with E-state index in [9.17, 15) is 4.79 Å². The van der Waals surface area contributed by atoms with Gasteiger partial charge in [0.15, 0.2) is 5.84 Å². The first-order valence-corrected chi connectivity index (χ1v) is 9.50. The van der Waals surface area contributed by atoms with Crippen LogP contribution in [-0.4, -0.2) is 21.6 Å². The minimum atomic E-state index is -0.551. The summed E-state index contributed by atoms with van der Waals surface area (Å²) < 4.78 is 2.93. The minimum absolute atomic E-state index is 0.181. The van der Waals surface area contributed by atoms with Gasteiger partial charge >= 0.3 is 5.97 Å². The van der Waals surface area contributed by atoms with Crippen molar-refractivity contribution in [3.63, 3.8) is 0 Å². The van der Waals surface area contributed by atoms with Crippen molar-refractivity contribution in [3.05, 3.63) is 73.6 Å². The SMILES string of the molecule is Cc1nn(Cc2ccc(C(=O)O/N=C(\N)c3cccs3)cc2)c(C)c1Br. The molecule has 0 atom stereocenters. The summed E-state index contributed by atoms with van der Waals surface area (Å²) in [6.45, 7) is 4.58. The molecule has 0 aliphatic heterocycles. The number of hydrogen-bond donors (Lipinski definition) is 1. The van der Waals surface area contributed by atoms with Crippen LogP contribution in [0.5, 0.6) is 0 Å². The standard InChI is InChI=1S/C18H17BrN4O2S/c1-11-16(19)12(2)23(21-11)10-13-5-7-14(8-6-13)18(24)25-22-17(20)15-4-3-9-26-15/h3-9H,10H2,1-2H3,(H2,20,22). The van der Waals surface area contributed by atoms with Crippen molar-refractivity contribution >= 4 is 39.1 Å². The van der Waals surface area contributed by atoms with Crippen molar-refractivity contribution in [2.75, 3.05) is 0 Å². The lowest BCUT2D eigenvalue weighted by Gasteiger charge is -2.06. The summed E-state index contributed by atoms with van der Waals surface area (Å²) in [6.07, 6.45) is 0. The van der Waals surface area contributed by atoms with E-state index in [2.05, 4.69) is 26.2 Å². The molecule has 0 bridgehead atoms. The van der Waals surface area contributed by atoms with Crippen LogP contribution in [0.1, 0.15) is 32.2 Å². The number of oxime groups is 1. The van der Waals surface area contributed by atoms with Crippen LogP contribution in [0.25, 0.3) is 0 Å². The number of halogens is 1. The maximum atomic E-state index is 12.1. The Kier molecular flexibility index (Phi) is 5.53. The van der Waals surface area contributed by atoms with Gasteiger partial charge in [-0.25, -0.2) is 4.79 Å². The van der Waals surface area contributed by atoms with E-state index in [0.717, 1.165) is 26.3 Å². The number of carbonyl (C=O) groups is 1. The number of nitrogens with two attached hydrogens (primary N) is 1. The molecule has 1 aromatic carbocycles. The monoisotopic (exact) mass is 432 g/mol. The number of thiophene rings is 1. The number of carbonyl (C=O) groups excluding carboxylic acids is 1. The van der Waals surface area contributed by atoms with E-state index >= 15 is 0 Å². The molecule has 0 radical (unpaired) electrons. The predicted molar refractivity (Wildman–Crippen MR) is 105 cm³/mol. The van der Waals surface area contributed by atoms with Crippen molar-refractivity contribution in [2.45, 2.75) is 20.4 Å². The molecule has 0 fully saturated rings. The summed E-state index contributed by atoms with van der Waals surface area (Å²) in [5, 5.41) is 10.1. The van der Waals surface area contributed by atoms with E-state index in [4.69, 9.17) is 10.6 Å². The molecule has 2 heterocycles. The largest absolute Gasteiger partial charge is 0.380 e. The Morgan fingerprint density at radius 1 is 1.31 bits per heavy atom. The smallest absolute Gasteiger partial charge is 0.365 e. The Morgan fingerprint density at radius 2 is 2.04 bits per heavy atom. The second-order valence-electron chi connectivity index (χ2n) is 5.67. The van der Waals surface area contributed by atoms with E-state index in [1.54, 1.807) is 12.1 Å². The third-order valence-electron chi connectivity index (χ3n) is 3.82. The zero-order chi connectivity index (χ0) is 18.7. The van der Waals surface area contributed by atoms with Gasteiger partial charge in [0.1, 0.15) is 0 Å². The van der Waals surface area contributed by atoms with Gasteiger partial charge < -0.3 is 10.6 Å². The maximum absolute atomic E-state index is 12.1. The summed E-state index contributed by atoms with van der Waals surface area (Å²) in [6, 6.07) is 10.8. The lowest BCUT2D eigenvalue weighted by atomic mass is 10.1. The molecule has 2 aromatic heterocycles. The summed E-state index contributed by atoms with van der Waals surface area (Å²) in [5.74, 6) is -0.370. The topological polar surface area (TPSA) is 82.5 Å². The second-order valence-corrected chi connectivity index (χ2v) is 7.41. The zero-order valence-electron chi connectivity index (χ0n) is 14.3. The third kappa shape index (κ3) is 4.03. The molecule has 134 valence electrons. The Morgan fingerprint density at radius 3 is 2.62 bits per heavy atom.